The number of rotatable bonds is 3. The summed E-state index contributed by atoms with van der Waals surface area (Å²) in [7, 11) is 0. The maximum atomic E-state index is 13.3. The van der Waals surface area contributed by atoms with Crippen molar-refractivity contribution in [1.29, 1.82) is 0 Å². The van der Waals surface area contributed by atoms with E-state index in [2.05, 4.69) is 28.0 Å². The molecule has 0 N–H and O–H groups in total. The minimum Gasteiger partial charge on any atom is -0.367 e. The van der Waals surface area contributed by atoms with Crippen molar-refractivity contribution in [2.24, 2.45) is 0 Å². The summed E-state index contributed by atoms with van der Waals surface area (Å²) in [5.74, 6) is 1.54. The molecule has 168 valence electrons. The fraction of sp³-hybridized carbons (Fsp3) is 0.500. The first-order chi connectivity index (χ1) is 15.7. The summed E-state index contributed by atoms with van der Waals surface area (Å²) < 4.78 is 13.3. The lowest BCUT2D eigenvalue weighted by atomic mass is 9.88. The zero-order valence-electron chi connectivity index (χ0n) is 18.4. The van der Waals surface area contributed by atoms with E-state index >= 15 is 0 Å². The molecule has 0 unspecified atom stereocenters. The van der Waals surface area contributed by atoms with Crippen LogP contribution in [0.1, 0.15) is 47.5 Å². The molecular weight excluding hydrogens is 421 g/mol. The summed E-state index contributed by atoms with van der Waals surface area (Å²) in [4.78, 5) is 21.9. The van der Waals surface area contributed by atoms with E-state index in [1.807, 2.05) is 16.7 Å². The van der Waals surface area contributed by atoms with Crippen molar-refractivity contribution in [2.45, 2.75) is 48.6 Å². The third kappa shape index (κ3) is 3.52. The van der Waals surface area contributed by atoms with Gasteiger partial charge in [-0.2, -0.15) is 0 Å². The highest BCUT2D eigenvalue weighted by molar-refractivity contribution is 7.99. The van der Waals surface area contributed by atoms with Crippen molar-refractivity contribution in [2.75, 3.05) is 43.4 Å². The van der Waals surface area contributed by atoms with Crippen LogP contribution in [-0.2, 0) is 0 Å². The van der Waals surface area contributed by atoms with Gasteiger partial charge in [-0.3, -0.25) is 4.79 Å². The van der Waals surface area contributed by atoms with Gasteiger partial charge in [-0.1, -0.05) is 12.1 Å². The fourth-order valence-corrected chi connectivity index (χ4v) is 7.36. The normalized spacial score (nSPS) is 27.2. The molecule has 3 atom stereocenters. The van der Waals surface area contributed by atoms with E-state index in [-0.39, 0.29) is 17.8 Å². The van der Waals surface area contributed by atoms with Gasteiger partial charge in [0.15, 0.2) is 0 Å². The van der Waals surface area contributed by atoms with Crippen LogP contribution in [0, 0.1) is 5.82 Å². The molecule has 0 radical (unpaired) electrons. The van der Waals surface area contributed by atoms with Crippen molar-refractivity contribution in [3.63, 3.8) is 0 Å². The number of hydrogen-bond acceptors (Lipinski definition) is 4. The highest BCUT2D eigenvalue weighted by atomic mass is 32.2. The molecule has 6 rings (SSSR count). The predicted molar refractivity (Wildman–Crippen MR) is 127 cm³/mol. The van der Waals surface area contributed by atoms with Gasteiger partial charge in [-0.25, -0.2) is 4.39 Å². The molecule has 0 bridgehead atoms. The van der Waals surface area contributed by atoms with Crippen molar-refractivity contribution in [3.8, 4) is 0 Å². The molecule has 2 aromatic rings. The van der Waals surface area contributed by atoms with Crippen LogP contribution in [0.2, 0.25) is 0 Å². The molecule has 4 aliphatic rings. The lowest BCUT2D eigenvalue weighted by Gasteiger charge is -2.40. The van der Waals surface area contributed by atoms with Crippen molar-refractivity contribution in [3.05, 3.63) is 59.4 Å². The Balaban J connectivity index is 1.18. The molecule has 1 amide bonds. The number of likely N-dealkylation sites (tertiary alicyclic amines) is 2. The van der Waals surface area contributed by atoms with E-state index in [0.29, 0.717) is 17.5 Å². The highest BCUT2D eigenvalue weighted by Crippen LogP contribution is 2.50. The molecule has 0 spiro atoms. The van der Waals surface area contributed by atoms with Crippen LogP contribution in [0.15, 0.2) is 47.4 Å². The van der Waals surface area contributed by atoms with Gasteiger partial charge in [0.2, 0.25) is 0 Å². The predicted octanol–water partition coefficient (Wildman–Crippen LogP) is 4.60. The number of halogens is 1. The zero-order chi connectivity index (χ0) is 21.7. The molecule has 2 saturated heterocycles. The molecule has 4 heterocycles. The van der Waals surface area contributed by atoms with Gasteiger partial charge in [0, 0.05) is 61.2 Å². The van der Waals surface area contributed by atoms with Gasteiger partial charge in [0.05, 0.1) is 5.69 Å². The van der Waals surface area contributed by atoms with Gasteiger partial charge < -0.3 is 14.7 Å². The molecular formula is C26H30FN3OS. The number of carbonyl (C=O) groups excluding carboxylic acids is 1. The Morgan fingerprint density at radius 1 is 1.03 bits per heavy atom. The maximum Gasteiger partial charge on any atom is 0.254 e. The second-order valence-corrected chi connectivity index (χ2v) is 10.7. The Morgan fingerprint density at radius 2 is 1.91 bits per heavy atom. The van der Waals surface area contributed by atoms with Gasteiger partial charge in [0.25, 0.3) is 5.91 Å². The minimum atomic E-state index is -0.297. The first kappa shape index (κ1) is 20.5. The van der Waals surface area contributed by atoms with Crippen LogP contribution in [0.5, 0.6) is 0 Å². The third-order valence-corrected chi connectivity index (χ3v) is 8.91. The number of hydrogen-bond donors (Lipinski definition) is 0. The molecule has 0 aromatic heterocycles. The van der Waals surface area contributed by atoms with Gasteiger partial charge in [0.1, 0.15) is 5.82 Å². The molecule has 2 fully saturated rings. The quantitative estimate of drug-likeness (QED) is 0.681. The molecule has 4 nitrogen and oxygen atoms in total. The number of para-hydroxylation sites is 1. The Bertz CT molecular complexity index is 1010. The van der Waals surface area contributed by atoms with E-state index in [1.54, 1.807) is 12.1 Å². The Hall–Kier alpha value is -2.05. The third-order valence-electron chi connectivity index (χ3n) is 7.78. The number of amides is 1. The van der Waals surface area contributed by atoms with E-state index in [0.717, 1.165) is 39.0 Å². The average Bonchev–Trinajstić information content (AvgIpc) is 3.32. The number of benzene rings is 2. The summed E-state index contributed by atoms with van der Waals surface area (Å²) in [6.45, 7) is 5.11. The monoisotopic (exact) mass is 451 g/mol. The number of thioether (sulfide) groups is 1. The number of fused-ring (bicyclic) bond motifs is 3. The van der Waals surface area contributed by atoms with Gasteiger partial charge in [-0.05, 0) is 67.3 Å². The van der Waals surface area contributed by atoms with Crippen molar-refractivity contribution in [1.82, 2.24) is 9.80 Å². The van der Waals surface area contributed by atoms with E-state index in [1.165, 1.54) is 53.4 Å². The van der Waals surface area contributed by atoms with Crippen LogP contribution in [0.25, 0.3) is 0 Å². The smallest absolute Gasteiger partial charge is 0.254 e. The van der Waals surface area contributed by atoms with Gasteiger partial charge >= 0.3 is 0 Å². The Morgan fingerprint density at radius 3 is 2.78 bits per heavy atom. The van der Waals surface area contributed by atoms with E-state index < -0.39 is 0 Å². The number of carbonyl (C=O) groups is 1. The summed E-state index contributed by atoms with van der Waals surface area (Å²) in [6, 6.07) is 13.8. The molecule has 32 heavy (non-hydrogen) atoms. The minimum absolute atomic E-state index is 0.0450. The summed E-state index contributed by atoms with van der Waals surface area (Å²) >= 11 is 2.02. The van der Waals surface area contributed by atoms with Gasteiger partial charge in [-0.15, -0.1) is 11.8 Å². The SMILES string of the molecule is O=C(c1ccc(F)cc1)N1CCC[C@H]1CN1CC[C@H]2[C@@H](C1)c1cccc3c1N2CCCS3. The Kier molecular flexibility index (Phi) is 5.38. The molecule has 4 aliphatic heterocycles. The summed E-state index contributed by atoms with van der Waals surface area (Å²) in [5.41, 5.74) is 3.65. The lowest BCUT2D eigenvalue weighted by molar-refractivity contribution is 0.0681. The first-order valence-electron chi connectivity index (χ1n) is 12.0. The molecule has 2 aromatic carbocycles. The lowest BCUT2D eigenvalue weighted by Crippen LogP contribution is -2.50. The van der Waals surface area contributed by atoms with Crippen LogP contribution >= 0.6 is 11.8 Å². The molecule has 0 saturated carbocycles. The van der Waals surface area contributed by atoms with Crippen LogP contribution in [0.3, 0.4) is 0 Å². The van der Waals surface area contributed by atoms with Crippen LogP contribution in [-0.4, -0.2) is 66.3 Å². The van der Waals surface area contributed by atoms with Crippen LogP contribution in [0.4, 0.5) is 10.1 Å². The second-order valence-electron chi connectivity index (χ2n) is 9.61. The number of anilines is 1. The average molecular weight is 452 g/mol. The van der Waals surface area contributed by atoms with E-state index in [4.69, 9.17) is 0 Å². The highest BCUT2D eigenvalue weighted by Gasteiger charge is 2.44. The van der Waals surface area contributed by atoms with Crippen molar-refractivity contribution < 1.29 is 9.18 Å². The number of piperidine rings is 1. The Labute approximate surface area is 193 Å². The number of nitrogens with zero attached hydrogens (tertiary/aromatic N) is 3. The molecule has 0 aliphatic carbocycles. The van der Waals surface area contributed by atoms with E-state index in [9.17, 15) is 9.18 Å². The fourth-order valence-electron chi connectivity index (χ4n) is 6.32. The summed E-state index contributed by atoms with van der Waals surface area (Å²) in [6.07, 6.45) is 4.56. The van der Waals surface area contributed by atoms with Crippen molar-refractivity contribution >= 4 is 23.4 Å². The summed E-state index contributed by atoms with van der Waals surface area (Å²) in [5, 5.41) is 0. The maximum absolute atomic E-state index is 13.3. The van der Waals surface area contributed by atoms with Crippen LogP contribution < -0.4 is 4.90 Å². The standard InChI is InChI=1S/C26H30FN3OS/c27-19-9-7-18(8-10-19)26(31)29-12-2-4-20(29)16-28-14-11-23-22(17-28)21-5-1-6-24-25(21)30(23)13-3-15-32-24/h1,5-10,20,22-23H,2-4,11-17H2/t20-,22-,23-/m0/s1. The largest absolute Gasteiger partial charge is 0.367 e. The first-order valence-corrected chi connectivity index (χ1v) is 13.0. The topological polar surface area (TPSA) is 26.8 Å². The second kappa shape index (κ2) is 8.38. The molecule has 6 heteroatoms. The zero-order valence-corrected chi connectivity index (χ0v) is 19.2.